The summed E-state index contributed by atoms with van der Waals surface area (Å²) in [6.07, 6.45) is 18.5. The lowest BCUT2D eigenvalue weighted by Crippen LogP contribution is -2.33. The van der Waals surface area contributed by atoms with Crippen LogP contribution in [0.4, 0.5) is 10.1 Å². The van der Waals surface area contributed by atoms with Gasteiger partial charge in [0.15, 0.2) is 0 Å². The highest BCUT2D eigenvalue weighted by Gasteiger charge is 2.34. The lowest BCUT2D eigenvalue weighted by molar-refractivity contribution is 0.391. The second-order valence-electron chi connectivity index (χ2n) is 14.6. The summed E-state index contributed by atoms with van der Waals surface area (Å²) in [4.78, 5) is 12.8. The first-order valence-electron chi connectivity index (χ1n) is 23.2. The molecule has 354 valence electrons. The van der Waals surface area contributed by atoms with Gasteiger partial charge in [-0.15, -0.1) is 0 Å². The van der Waals surface area contributed by atoms with Crippen LogP contribution in [-0.2, 0) is 6.42 Å². The Balaban J connectivity index is -0.000000368. The number of hydrogen-bond donors (Lipinski definition) is 2. The van der Waals surface area contributed by atoms with Gasteiger partial charge in [-0.1, -0.05) is 181 Å². The standard InChI is InChI=1S/C20H29N3S.C10H13N.C7H7Cl.C7H16.C4H10.C3H7F.C2H6.CH4O/c1-6-9-10-18(21-5)17-13-22-20(15(4)24-11-7-2)23-14-16(8-3)12-19(17)23;1-3-9-5-7-10(8-6-9)11-4-2;1-6-3-2-4-7(8)5-6;1-4-6-7(3)5-2;1-3-4-2;1-3(2)4;2*1-2/h7,9-11,16H,4,6,8,12-14H2,1-3,5H3;4-8,11H,2-3H2,1H3;2-5H,1H3;7H,4-6H2,1-3H3;3-4H2,1-2H3;3H,1-2H3;1-2H3;2H,1H3/b10-9-,11-7-,21-18?;;;;;;;. The van der Waals surface area contributed by atoms with E-state index >= 15 is 0 Å². The smallest absolute Gasteiger partial charge is 0.141 e. The van der Waals surface area contributed by atoms with Crippen molar-refractivity contribution in [1.29, 1.82) is 0 Å². The zero-order chi connectivity index (χ0) is 48.3. The fourth-order valence-corrected chi connectivity index (χ4v) is 6.21. The molecule has 2 aliphatic heterocycles. The highest BCUT2D eigenvalue weighted by molar-refractivity contribution is 8.06. The van der Waals surface area contributed by atoms with Gasteiger partial charge in [-0.25, -0.2) is 4.39 Å². The van der Waals surface area contributed by atoms with Gasteiger partial charge in [0, 0.05) is 47.6 Å². The molecule has 8 heteroatoms. The molecule has 0 spiro atoms. The Bertz CT molecular complexity index is 1510. The number of halogens is 2. The summed E-state index contributed by atoms with van der Waals surface area (Å²) in [6, 6.07) is 16.1. The first-order valence-corrected chi connectivity index (χ1v) is 24.4. The van der Waals surface area contributed by atoms with E-state index in [0.29, 0.717) is 12.5 Å². The maximum atomic E-state index is 11.0. The van der Waals surface area contributed by atoms with Crippen LogP contribution in [-0.4, -0.2) is 55.0 Å². The molecule has 0 bridgehead atoms. The molecule has 0 aromatic heterocycles. The van der Waals surface area contributed by atoms with Gasteiger partial charge in [0.05, 0.1) is 18.4 Å². The van der Waals surface area contributed by atoms with Crippen molar-refractivity contribution in [3.63, 3.8) is 0 Å². The highest BCUT2D eigenvalue weighted by atomic mass is 35.5. The predicted molar refractivity (Wildman–Crippen MR) is 285 cm³/mol. The molecule has 1 saturated heterocycles. The van der Waals surface area contributed by atoms with Crippen LogP contribution < -0.4 is 5.32 Å². The molecule has 2 atom stereocenters. The van der Waals surface area contributed by atoms with Crippen LogP contribution >= 0.6 is 23.4 Å². The summed E-state index contributed by atoms with van der Waals surface area (Å²) in [5.74, 6) is 2.68. The van der Waals surface area contributed by atoms with Crippen LogP contribution in [0.3, 0.4) is 0 Å². The number of hydrogen-bond acceptors (Lipinski definition) is 6. The van der Waals surface area contributed by atoms with Crippen molar-refractivity contribution in [2.24, 2.45) is 21.8 Å². The summed E-state index contributed by atoms with van der Waals surface area (Å²) in [5.41, 5.74) is 7.42. The average molecular weight is 900 g/mol. The topological polar surface area (TPSA) is 60.2 Å². The zero-order valence-corrected chi connectivity index (χ0v) is 44.0. The van der Waals surface area contributed by atoms with Crippen LogP contribution in [0.25, 0.3) is 0 Å². The first kappa shape index (κ1) is 65.2. The minimum atomic E-state index is -0.667. The zero-order valence-electron chi connectivity index (χ0n) is 42.4. The van der Waals surface area contributed by atoms with E-state index in [4.69, 9.17) is 21.7 Å². The number of unbranched alkanes of at least 4 members (excludes halogenated alkanes) is 1. The van der Waals surface area contributed by atoms with Crippen LogP contribution in [0.15, 0.2) is 118 Å². The van der Waals surface area contributed by atoms with E-state index in [2.05, 4.69) is 126 Å². The van der Waals surface area contributed by atoms with E-state index in [9.17, 15) is 4.39 Å². The third kappa shape index (κ3) is 33.2. The minimum Gasteiger partial charge on any atom is -0.400 e. The van der Waals surface area contributed by atoms with E-state index in [0.717, 1.165) is 66.0 Å². The molecule has 0 amide bonds. The molecule has 1 fully saturated rings. The molecule has 2 aromatic carbocycles. The van der Waals surface area contributed by atoms with Crippen molar-refractivity contribution in [2.75, 3.05) is 32.6 Å². The van der Waals surface area contributed by atoms with E-state index in [1.54, 1.807) is 18.0 Å². The molecule has 0 saturated carbocycles. The number of amidine groups is 1. The second kappa shape index (κ2) is 45.6. The second-order valence-corrected chi connectivity index (χ2v) is 16.0. The van der Waals surface area contributed by atoms with Gasteiger partial charge in [-0.2, -0.15) is 0 Å². The number of allylic oxidation sites excluding steroid dienone is 4. The third-order valence-corrected chi connectivity index (χ3v) is 10.2. The third-order valence-electron chi connectivity index (χ3n) is 9.06. The molecule has 0 radical (unpaired) electrons. The molecular weight excluding hydrogens is 807 g/mol. The van der Waals surface area contributed by atoms with Crippen molar-refractivity contribution in [1.82, 2.24) is 4.90 Å². The Morgan fingerprint density at radius 1 is 1.02 bits per heavy atom. The van der Waals surface area contributed by atoms with E-state index in [1.807, 2.05) is 65.1 Å². The van der Waals surface area contributed by atoms with Crippen molar-refractivity contribution in [3.05, 3.63) is 124 Å². The number of aryl methyl sites for hydroxylation is 2. The molecule has 2 heterocycles. The number of fused-ring (bicyclic) bond motifs is 1. The Labute approximate surface area is 392 Å². The summed E-state index contributed by atoms with van der Waals surface area (Å²) in [5, 5.41) is 12.9. The lowest BCUT2D eigenvalue weighted by atomic mass is 10.00. The van der Waals surface area contributed by atoms with Gasteiger partial charge in [-0.3, -0.25) is 9.98 Å². The number of rotatable bonds is 14. The molecular formula is C54H92ClFN4OS. The number of aliphatic hydroxyl groups excluding tert-OH is 1. The Hall–Kier alpha value is -3.39. The largest absolute Gasteiger partial charge is 0.400 e. The monoisotopic (exact) mass is 899 g/mol. The van der Waals surface area contributed by atoms with Crippen molar-refractivity contribution < 1.29 is 9.50 Å². The van der Waals surface area contributed by atoms with Gasteiger partial charge in [0.1, 0.15) is 5.84 Å². The summed E-state index contributed by atoms with van der Waals surface area (Å²) >= 11 is 7.30. The normalized spacial score (nSPS) is 14.1. The summed E-state index contributed by atoms with van der Waals surface area (Å²) in [6.45, 7) is 38.3. The van der Waals surface area contributed by atoms with Gasteiger partial charge in [-0.05, 0) is 112 Å². The number of nitrogens with one attached hydrogen (secondary N) is 1. The van der Waals surface area contributed by atoms with Gasteiger partial charge in [0.25, 0.3) is 0 Å². The molecule has 2 aliphatic rings. The molecule has 2 aromatic rings. The van der Waals surface area contributed by atoms with Crippen LogP contribution in [0.2, 0.25) is 5.02 Å². The maximum Gasteiger partial charge on any atom is 0.141 e. The summed E-state index contributed by atoms with van der Waals surface area (Å²) < 4.78 is 11.0. The quantitative estimate of drug-likeness (QED) is 0.186. The Morgan fingerprint density at radius 2 is 1.61 bits per heavy atom. The summed E-state index contributed by atoms with van der Waals surface area (Å²) in [7, 11) is 2.87. The van der Waals surface area contributed by atoms with Crippen LogP contribution in [0.5, 0.6) is 0 Å². The molecule has 0 aliphatic carbocycles. The van der Waals surface area contributed by atoms with Gasteiger partial charge < -0.3 is 15.3 Å². The van der Waals surface area contributed by atoms with Crippen LogP contribution in [0.1, 0.15) is 153 Å². The fourth-order valence-electron chi connectivity index (χ4n) is 5.39. The van der Waals surface area contributed by atoms with Gasteiger partial charge >= 0.3 is 0 Å². The van der Waals surface area contributed by atoms with E-state index in [1.165, 1.54) is 74.8 Å². The molecule has 2 N–H and O–H groups in total. The van der Waals surface area contributed by atoms with Crippen molar-refractivity contribution >= 4 is 40.6 Å². The lowest BCUT2D eigenvalue weighted by Gasteiger charge is -2.29. The molecule has 5 nitrogen and oxygen atoms in total. The van der Waals surface area contributed by atoms with E-state index < -0.39 is 6.17 Å². The van der Waals surface area contributed by atoms with E-state index in [-0.39, 0.29) is 0 Å². The SMILES string of the molecule is C=C(S/C=C\C)C1=NCC(C(/C=C\CC)=NC)=C2CC(CC)CN12.C=CNc1ccc(CC)cc1.CC.CC(C)F.CCCC.CCCC(C)CC.CO.Cc1cccc(Cl)c1. The number of aliphatic imine (C=N–C) groups is 2. The number of benzene rings is 2. The maximum absolute atomic E-state index is 11.0. The van der Waals surface area contributed by atoms with Gasteiger partial charge in [0.2, 0.25) is 0 Å². The fraction of sp³-hybridized carbons (Fsp3) is 0.556. The molecule has 2 unspecified atom stereocenters. The number of nitrogens with zero attached hydrogens (tertiary/aromatic N) is 3. The van der Waals surface area contributed by atoms with Crippen molar-refractivity contribution in [3.8, 4) is 0 Å². The molecule has 4 rings (SSSR count). The Kier molecular flexibility index (Phi) is 48.0. The number of thioether (sulfide) groups is 1. The number of alkyl halides is 1. The van der Waals surface area contributed by atoms with Crippen LogP contribution in [0, 0.1) is 18.8 Å². The molecule has 62 heavy (non-hydrogen) atoms. The minimum absolute atomic E-state index is 0.667. The number of anilines is 1. The predicted octanol–water partition coefficient (Wildman–Crippen LogP) is 17.3. The highest BCUT2D eigenvalue weighted by Crippen LogP contribution is 2.37. The average Bonchev–Trinajstić information content (AvgIpc) is 3.73. The Morgan fingerprint density at radius 3 is 2.00 bits per heavy atom. The number of aliphatic hydroxyl groups is 1. The van der Waals surface area contributed by atoms with Crippen molar-refractivity contribution in [2.45, 2.75) is 161 Å². The first-order chi connectivity index (χ1) is 29.8.